The Labute approximate surface area is 113 Å². The molecule has 0 amide bonds. The summed E-state index contributed by atoms with van der Waals surface area (Å²) >= 11 is 5.76. The zero-order valence-corrected chi connectivity index (χ0v) is 11.8. The molecule has 18 heavy (non-hydrogen) atoms. The van der Waals surface area contributed by atoms with E-state index in [1.165, 1.54) is 10.9 Å². The first-order chi connectivity index (χ1) is 8.76. The van der Waals surface area contributed by atoms with Crippen molar-refractivity contribution in [1.82, 2.24) is 14.7 Å². The molecule has 0 aliphatic carbocycles. The van der Waals surface area contributed by atoms with Gasteiger partial charge in [0.15, 0.2) is 0 Å². The number of nitrogens with zero attached hydrogens (tertiary/aromatic N) is 3. The predicted octanol–water partition coefficient (Wildman–Crippen LogP) is 3.02. The van der Waals surface area contributed by atoms with Gasteiger partial charge in [0.25, 0.3) is 0 Å². The van der Waals surface area contributed by atoms with Crippen molar-refractivity contribution in [2.75, 3.05) is 19.0 Å². The lowest BCUT2D eigenvalue weighted by atomic mass is 10.2. The van der Waals surface area contributed by atoms with Gasteiger partial charge in [-0.05, 0) is 25.6 Å². The second-order valence-corrected chi connectivity index (χ2v) is 4.88. The second kappa shape index (κ2) is 6.21. The standard InChI is InChI=1S/C14H20ClN3/c1-3-18(10-6-9-15)11-13-12-7-4-5-8-14(12)17(2)16-13/h4-5,7-8H,3,6,9-11H2,1-2H3. The highest BCUT2D eigenvalue weighted by Gasteiger charge is 2.11. The highest BCUT2D eigenvalue weighted by atomic mass is 35.5. The molecule has 0 saturated heterocycles. The van der Waals surface area contributed by atoms with Crippen LogP contribution in [-0.4, -0.2) is 33.6 Å². The van der Waals surface area contributed by atoms with Crippen LogP contribution in [0.2, 0.25) is 0 Å². The fourth-order valence-corrected chi connectivity index (χ4v) is 2.37. The zero-order valence-electron chi connectivity index (χ0n) is 11.1. The molecular formula is C14H20ClN3. The zero-order chi connectivity index (χ0) is 13.0. The molecule has 0 atom stereocenters. The molecule has 0 saturated carbocycles. The van der Waals surface area contributed by atoms with Gasteiger partial charge >= 0.3 is 0 Å². The molecule has 1 aromatic carbocycles. The first kappa shape index (κ1) is 13.4. The Kier molecular flexibility index (Phi) is 4.61. The van der Waals surface area contributed by atoms with Gasteiger partial charge in [-0.1, -0.05) is 25.1 Å². The third-order valence-electron chi connectivity index (χ3n) is 3.26. The lowest BCUT2D eigenvalue weighted by molar-refractivity contribution is 0.278. The lowest BCUT2D eigenvalue weighted by Gasteiger charge is -2.18. The van der Waals surface area contributed by atoms with Crippen LogP contribution in [0.15, 0.2) is 24.3 Å². The van der Waals surface area contributed by atoms with E-state index in [1.807, 2.05) is 11.7 Å². The minimum absolute atomic E-state index is 0.722. The Morgan fingerprint density at radius 2 is 2.11 bits per heavy atom. The van der Waals surface area contributed by atoms with Crippen molar-refractivity contribution in [3.8, 4) is 0 Å². The van der Waals surface area contributed by atoms with Crippen LogP contribution in [0.3, 0.4) is 0 Å². The van der Waals surface area contributed by atoms with E-state index in [9.17, 15) is 0 Å². The van der Waals surface area contributed by atoms with Gasteiger partial charge in [-0.2, -0.15) is 5.10 Å². The van der Waals surface area contributed by atoms with E-state index in [1.54, 1.807) is 0 Å². The number of para-hydroxylation sites is 1. The summed E-state index contributed by atoms with van der Waals surface area (Å²) in [6.07, 6.45) is 1.03. The average molecular weight is 266 g/mol. The maximum absolute atomic E-state index is 5.76. The molecule has 0 N–H and O–H groups in total. The van der Waals surface area contributed by atoms with E-state index in [0.29, 0.717) is 0 Å². The van der Waals surface area contributed by atoms with E-state index < -0.39 is 0 Å². The number of benzene rings is 1. The molecule has 0 bridgehead atoms. The maximum Gasteiger partial charge on any atom is 0.0843 e. The SMILES string of the molecule is CCN(CCCCl)Cc1nn(C)c2ccccc12. The summed E-state index contributed by atoms with van der Waals surface area (Å²) in [6.45, 7) is 5.14. The van der Waals surface area contributed by atoms with Crippen molar-refractivity contribution in [2.45, 2.75) is 19.9 Å². The van der Waals surface area contributed by atoms with Crippen molar-refractivity contribution in [3.63, 3.8) is 0 Å². The summed E-state index contributed by atoms with van der Waals surface area (Å²) in [5.74, 6) is 0.722. The van der Waals surface area contributed by atoms with Crippen molar-refractivity contribution >= 4 is 22.5 Å². The average Bonchev–Trinajstić information content (AvgIpc) is 2.72. The van der Waals surface area contributed by atoms with Crippen LogP contribution in [-0.2, 0) is 13.6 Å². The van der Waals surface area contributed by atoms with Gasteiger partial charge in [0.2, 0.25) is 0 Å². The summed E-state index contributed by atoms with van der Waals surface area (Å²) in [4.78, 5) is 2.39. The molecule has 98 valence electrons. The van der Waals surface area contributed by atoms with Crippen LogP contribution in [0, 0.1) is 0 Å². The lowest BCUT2D eigenvalue weighted by Crippen LogP contribution is -2.24. The first-order valence-corrected chi connectivity index (χ1v) is 6.98. The van der Waals surface area contributed by atoms with Crippen LogP contribution in [0.25, 0.3) is 10.9 Å². The highest BCUT2D eigenvalue weighted by molar-refractivity contribution is 6.17. The first-order valence-electron chi connectivity index (χ1n) is 6.45. The predicted molar refractivity (Wildman–Crippen MR) is 77.0 cm³/mol. The van der Waals surface area contributed by atoms with Crippen molar-refractivity contribution in [3.05, 3.63) is 30.0 Å². The van der Waals surface area contributed by atoms with E-state index in [-0.39, 0.29) is 0 Å². The molecule has 2 aromatic rings. The summed E-state index contributed by atoms with van der Waals surface area (Å²) in [6, 6.07) is 8.38. The highest BCUT2D eigenvalue weighted by Crippen LogP contribution is 2.18. The number of rotatable bonds is 6. The number of hydrogen-bond acceptors (Lipinski definition) is 2. The molecule has 1 aromatic heterocycles. The summed E-state index contributed by atoms with van der Waals surface area (Å²) in [7, 11) is 2.00. The van der Waals surface area contributed by atoms with E-state index in [2.05, 4.69) is 41.2 Å². The molecule has 1 heterocycles. The number of fused-ring (bicyclic) bond motifs is 1. The third-order valence-corrected chi connectivity index (χ3v) is 3.53. The topological polar surface area (TPSA) is 21.1 Å². The molecule has 4 heteroatoms. The Morgan fingerprint density at radius 1 is 1.33 bits per heavy atom. The Bertz CT molecular complexity index is 507. The van der Waals surface area contributed by atoms with Crippen molar-refractivity contribution in [2.24, 2.45) is 7.05 Å². The van der Waals surface area contributed by atoms with E-state index in [0.717, 1.165) is 37.6 Å². The quantitative estimate of drug-likeness (QED) is 0.749. The van der Waals surface area contributed by atoms with Gasteiger partial charge in [0, 0.05) is 24.9 Å². The number of alkyl halides is 1. The number of aryl methyl sites for hydroxylation is 1. The fourth-order valence-electron chi connectivity index (χ4n) is 2.25. The molecule has 0 fully saturated rings. The van der Waals surface area contributed by atoms with Gasteiger partial charge in [-0.25, -0.2) is 0 Å². The summed E-state index contributed by atoms with van der Waals surface area (Å²) in [5, 5.41) is 5.88. The smallest absolute Gasteiger partial charge is 0.0843 e. The van der Waals surface area contributed by atoms with E-state index >= 15 is 0 Å². The van der Waals surface area contributed by atoms with Crippen molar-refractivity contribution < 1.29 is 0 Å². The van der Waals surface area contributed by atoms with E-state index in [4.69, 9.17) is 11.6 Å². The fraction of sp³-hybridized carbons (Fsp3) is 0.500. The number of hydrogen-bond donors (Lipinski definition) is 0. The minimum atomic E-state index is 0.722. The third kappa shape index (κ3) is 2.85. The Hall–Kier alpha value is -1.06. The molecule has 0 aliphatic heterocycles. The Balaban J connectivity index is 2.20. The molecule has 0 unspecified atom stereocenters. The van der Waals surface area contributed by atoms with Crippen LogP contribution in [0.1, 0.15) is 19.0 Å². The van der Waals surface area contributed by atoms with Gasteiger partial charge in [0.1, 0.15) is 0 Å². The second-order valence-electron chi connectivity index (χ2n) is 4.50. The normalized spacial score (nSPS) is 11.6. The van der Waals surface area contributed by atoms with Gasteiger partial charge in [0.05, 0.1) is 11.2 Å². The monoisotopic (exact) mass is 265 g/mol. The van der Waals surface area contributed by atoms with Crippen molar-refractivity contribution in [1.29, 1.82) is 0 Å². The summed E-state index contributed by atoms with van der Waals surface area (Å²) in [5.41, 5.74) is 2.35. The summed E-state index contributed by atoms with van der Waals surface area (Å²) < 4.78 is 1.96. The van der Waals surface area contributed by atoms with Gasteiger partial charge in [-0.3, -0.25) is 9.58 Å². The minimum Gasteiger partial charge on any atom is -0.298 e. The number of halogens is 1. The molecule has 0 spiro atoms. The van der Waals surface area contributed by atoms with Crippen LogP contribution < -0.4 is 0 Å². The molecular weight excluding hydrogens is 246 g/mol. The van der Waals surface area contributed by atoms with Crippen LogP contribution in [0.4, 0.5) is 0 Å². The number of aromatic nitrogens is 2. The van der Waals surface area contributed by atoms with Crippen LogP contribution >= 0.6 is 11.6 Å². The molecule has 0 radical (unpaired) electrons. The Morgan fingerprint density at radius 3 is 2.83 bits per heavy atom. The van der Waals surface area contributed by atoms with Crippen LogP contribution in [0.5, 0.6) is 0 Å². The van der Waals surface area contributed by atoms with Gasteiger partial charge < -0.3 is 0 Å². The molecule has 3 nitrogen and oxygen atoms in total. The maximum atomic E-state index is 5.76. The largest absolute Gasteiger partial charge is 0.298 e. The molecule has 0 aliphatic rings. The van der Waals surface area contributed by atoms with Gasteiger partial charge in [-0.15, -0.1) is 11.6 Å². The molecule has 2 rings (SSSR count).